The molecule has 0 aliphatic carbocycles. The largest absolute Gasteiger partial charge is 0.308 e. The highest BCUT2D eigenvalue weighted by Crippen LogP contribution is 2.26. The number of thiazole rings is 1. The van der Waals surface area contributed by atoms with Gasteiger partial charge in [0.2, 0.25) is 0 Å². The zero-order valence-corrected chi connectivity index (χ0v) is 16.5. The Hall–Kier alpha value is -1.90. The minimum atomic E-state index is -3.71. The first-order chi connectivity index (χ1) is 11.8. The molecule has 0 bridgehead atoms. The van der Waals surface area contributed by atoms with Gasteiger partial charge in [-0.25, -0.2) is 8.42 Å². The molecule has 2 aromatic carbocycles. The van der Waals surface area contributed by atoms with Gasteiger partial charge in [-0.1, -0.05) is 33.3 Å². The van der Waals surface area contributed by atoms with E-state index in [1.54, 1.807) is 54.0 Å². The van der Waals surface area contributed by atoms with Crippen LogP contribution in [0.4, 0.5) is 5.69 Å². The highest BCUT2D eigenvalue weighted by atomic mass is 79.9. The summed E-state index contributed by atoms with van der Waals surface area (Å²) < 4.78 is 31.0. The predicted molar refractivity (Wildman–Crippen MR) is 106 cm³/mol. The number of anilines is 1. The van der Waals surface area contributed by atoms with Crippen molar-refractivity contribution >= 4 is 53.2 Å². The van der Waals surface area contributed by atoms with Gasteiger partial charge in [-0.15, -0.1) is 6.58 Å². The van der Waals surface area contributed by atoms with E-state index in [1.807, 2.05) is 0 Å². The van der Waals surface area contributed by atoms with Crippen molar-refractivity contribution in [2.24, 2.45) is 0 Å². The first-order valence-electron chi connectivity index (χ1n) is 7.35. The number of benzene rings is 2. The maximum atomic E-state index is 12.6. The highest BCUT2D eigenvalue weighted by molar-refractivity contribution is 9.10. The van der Waals surface area contributed by atoms with Crippen molar-refractivity contribution < 1.29 is 8.42 Å². The standard InChI is InChI=1S/C17H15BrN2O3S2/c1-3-8-20-14-6-5-13(10-15(14)24-17(20)21)19-25(22,23)16-7-4-12(18)9-11(16)2/h3-7,9-10,19H,1,8H2,2H3. The van der Waals surface area contributed by atoms with Crippen LogP contribution in [0.2, 0.25) is 0 Å². The van der Waals surface area contributed by atoms with Crippen molar-refractivity contribution in [1.82, 2.24) is 4.57 Å². The lowest BCUT2D eigenvalue weighted by Gasteiger charge is -2.11. The fraction of sp³-hybridized carbons (Fsp3) is 0.118. The average Bonchev–Trinajstić information content (AvgIpc) is 2.82. The molecule has 3 aromatic rings. The minimum absolute atomic E-state index is 0.0985. The molecule has 0 amide bonds. The van der Waals surface area contributed by atoms with Gasteiger partial charge in [0.15, 0.2) is 0 Å². The molecule has 0 fully saturated rings. The Labute approximate surface area is 157 Å². The third-order valence-corrected chi connectivity index (χ3v) is 6.64. The van der Waals surface area contributed by atoms with Crippen LogP contribution >= 0.6 is 27.3 Å². The molecule has 1 heterocycles. The summed E-state index contributed by atoms with van der Waals surface area (Å²) in [4.78, 5) is 12.1. The number of aromatic nitrogens is 1. The quantitative estimate of drug-likeness (QED) is 0.609. The van der Waals surface area contributed by atoms with E-state index in [0.29, 0.717) is 17.8 Å². The lowest BCUT2D eigenvalue weighted by Crippen LogP contribution is -2.14. The zero-order chi connectivity index (χ0) is 18.2. The predicted octanol–water partition coefficient (Wildman–Crippen LogP) is 4.12. The molecule has 0 unspecified atom stereocenters. The molecule has 1 N–H and O–H groups in total. The molecule has 0 saturated heterocycles. The maximum absolute atomic E-state index is 12.6. The van der Waals surface area contributed by atoms with Crippen LogP contribution in [-0.2, 0) is 16.6 Å². The van der Waals surface area contributed by atoms with Crippen LogP contribution < -0.4 is 9.60 Å². The molecule has 25 heavy (non-hydrogen) atoms. The SMILES string of the molecule is C=CCn1c(=O)sc2cc(NS(=O)(=O)c3ccc(Br)cc3C)ccc21. The molecule has 0 atom stereocenters. The van der Waals surface area contributed by atoms with E-state index in [2.05, 4.69) is 27.2 Å². The van der Waals surface area contributed by atoms with Crippen LogP contribution in [-0.4, -0.2) is 13.0 Å². The number of sulfonamides is 1. The van der Waals surface area contributed by atoms with Crippen molar-refractivity contribution in [3.63, 3.8) is 0 Å². The van der Waals surface area contributed by atoms with Gasteiger partial charge in [0.1, 0.15) is 0 Å². The average molecular weight is 439 g/mol. The number of allylic oxidation sites excluding steroid dienone is 1. The Balaban J connectivity index is 2.00. The van der Waals surface area contributed by atoms with E-state index in [-0.39, 0.29) is 9.77 Å². The van der Waals surface area contributed by atoms with Crippen molar-refractivity contribution in [2.45, 2.75) is 18.4 Å². The Morgan fingerprint density at radius 3 is 2.72 bits per heavy atom. The summed E-state index contributed by atoms with van der Waals surface area (Å²) in [7, 11) is -3.71. The van der Waals surface area contributed by atoms with Gasteiger partial charge in [0.25, 0.3) is 10.0 Å². The first kappa shape index (κ1) is 17.9. The molecule has 0 radical (unpaired) electrons. The minimum Gasteiger partial charge on any atom is -0.295 e. The van der Waals surface area contributed by atoms with Crippen LogP contribution in [0.5, 0.6) is 0 Å². The lowest BCUT2D eigenvalue weighted by atomic mass is 10.2. The third-order valence-electron chi connectivity index (χ3n) is 3.66. The zero-order valence-electron chi connectivity index (χ0n) is 13.3. The molecular weight excluding hydrogens is 424 g/mol. The van der Waals surface area contributed by atoms with Crippen LogP contribution in [0.1, 0.15) is 5.56 Å². The van der Waals surface area contributed by atoms with Crippen LogP contribution in [0.15, 0.2) is 63.2 Å². The second kappa shape index (κ2) is 6.78. The van der Waals surface area contributed by atoms with Crippen LogP contribution in [0, 0.1) is 6.92 Å². The summed E-state index contributed by atoms with van der Waals surface area (Å²) in [5.74, 6) is 0. The molecular formula is C17H15BrN2O3S2. The summed E-state index contributed by atoms with van der Waals surface area (Å²) >= 11 is 4.40. The van der Waals surface area contributed by atoms with Gasteiger partial charge in [-0.3, -0.25) is 14.1 Å². The topological polar surface area (TPSA) is 68.2 Å². The molecule has 5 nitrogen and oxygen atoms in total. The lowest BCUT2D eigenvalue weighted by molar-refractivity contribution is 0.600. The van der Waals surface area contributed by atoms with Gasteiger partial charge in [-0.05, 0) is 48.9 Å². The normalized spacial score (nSPS) is 11.6. The van der Waals surface area contributed by atoms with Crippen molar-refractivity contribution in [3.8, 4) is 0 Å². The number of hydrogen-bond acceptors (Lipinski definition) is 4. The maximum Gasteiger partial charge on any atom is 0.308 e. The Bertz CT molecular complexity index is 1130. The van der Waals surface area contributed by atoms with Crippen LogP contribution in [0.25, 0.3) is 10.2 Å². The number of aryl methyl sites for hydroxylation is 1. The van der Waals surface area contributed by atoms with E-state index in [1.165, 1.54) is 0 Å². The van der Waals surface area contributed by atoms with Gasteiger partial charge in [-0.2, -0.15) is 0 Å². The van der Waals surface area contributed by atoms with E-state index in [0.717, 1.165) is 26.0 Å². The summed E-state index contributed by atoms with van der Waals surface area (Å²) in [5, 5.41) is 0. The van der Waals surface area contributed by atoms with Crippen molar-refractivity contribution in [3.05, 3.63) is 68.8 Å². The number of nitrogens with one attached hydrogen (secondary N) is 1. The summed E-state index contributed by atoms with van der Waals surface area (Å²) in [5.41, 5.74) is 1.82. The van der Waals surface area contributed by atoms with Crippen molar-refractivity contribution in [2.75, 3.05) is 4.72 Å². The summed E-state index contributed by atoms with van der Waals surface area (Å²) in [6.45, 7) is 5.81. The van der Waals surface area contributed by atoms with E-state index in [4.69, 9.17) is 0 Å². The molecule has 0 aliphatic rings. The Morgan fingerprint density at radius 1 is 1.28 bits per heavy atom. The van der Waals surface area contributed by atoms with Crippen molar-refractivity contribution in [1.29, 1.82) is 0 Å². The molecule has 3 rings (SSSR count). The van der Waals surface area contributed by atoms with E-state index >= 15 is 0 Å². The smallest absolute Gasteiger partial charge is 0.295 e. The third kappa shape index (κ3) is 3.56. The number of rotatable bonds is 5. The molecule has 0 spiro atoms. The van der Waals surface area contributed by atoms with Gasteiger partial charge < -0.3 is 0 Å². The van der Waals surface area contributed by atoms with Crippen LogP contribution in [0.3, 0.4) is 0 Å². The summed E-state index contributed by atoms with van der Waals surface area (Å²) in [6.07, 6.45) is 1.65. The van der Waals surface area contributed by atoms with Gasteiger partial charge in [0, 0.05) is 11.0 Å². The Morgan fingerprint density at radius 2 is 2.04 bits per heavy atom. The highest BCUT2D eigenvalue weighted by Gasteiger charge is 2.18. The number of fused-ring (bicyclic) bond motifs is 1. The number of nitrogens with zero attached hydrogens (tertiary/aromatic N) is 1. The van der Waals surface area contributed by atoms with E-state index in [9.17, 15) is 13.2 Å². The van der Waals surface area contributed by atoms with Gasteiger partial charge >= 0.3 is 4.87 Å². The fourth-order valence-corrected chi connectivity index (χ4v) is 5.25. The Kier molecular flexibility index (Phi) is 4.86. The molecule has 130 valence electrons. The second-order valence-corrected chi connectivity index (χ2v) is 9.02. The van der Waals surface area contributed by atoms with E-state index < -0.39 is 10.0 Å². The van der Waals surface area contributed by atoms with Gasteiger partial charge in [0.05, 0.1) is 20.8 Å². The molecule has 8 heteroatoms. The fourth-order valence-electron chi connectivity index (χ4n) is 2.56. The molecule has 0 aliphatic heterocycles. The second-order valence-electron chi connectivity index (χ2n) is 5.47. The number of hydrogen-bond donors (Lipinski definition) is 1. The molecule has 0 saturated carbocycles. The summed E-state index contributed by atoms with van der Waals surface area (Å²) in [6, 6.07) is 10.1. The molecule has 1 aromatic heterocycles. The number of halogens is 1. The monoisotopic (exact) mass is 438 g/mol. The first-order valence-corrected chi connectivity index (χ1v) is 10.4.